The molecule has 2 aromatic carbocycles. The second-order valence-corrected chi connectivity index (χ2v) is 10.2. The molecule has 1 aromatic heterocycles. The Kier molecular flexibility index (Phi) is 5.98. The molecule has 0 spiro atoms. The van der Waals surface area contributed by atoms with Crippen molar-refractivity contribution in [3.63, 3.8) is 0 Å². The van der Waals surface area contributed by atoms with Crippen LogP contribution in [0, 0.1) is 19.8 Å². The lowest BCUT2D eigenvalue weighted by atomic mass is 10.1. The van der Waals surface area contributed by atoms with Crippen LogP contribution in [0.1, 0.15) is 17.5 Å². The van der Waals surface area contributed by atoms with Gasteiger partial charge in [-0.1, -0.05) is 12.1 Å². The van der Waals surface area contributed by atoms with E-state index in [4.69, 9.17) is 0 Å². The fourth-order valence-electron chi connectivity index (χ4n) is 3.54. The molecule has 1 saturated heterocycles. The zero-order chi connectivity index (χ0) is 22.9. The zero-order valence-corrected chi connectivity index (χ0v) is 19.2. The van der Waals surface area contributed by atoms with Crippen LogP contribution in [0.4, 0.5) is 16.5 Å². The van der Waals surface area contributed by atoms with E-state index in [1.54, 1.807) is 10.3 Å². The standard InChI is InChI=1S/C22H22N4O4S2/c1-14-3-4-15(2)19(11-14)26-13-16(12-20(26)27)21(28)24-17-5-7-18(8-6-17)32(29,30)25-22-23-9-10-31-22/h3-11,16H,12-13H2,1-2H3,(H,23,25)(H,24,28). The molecule has 2 heterocycles. The minimum Gasteiger partial charge on any atom is -0.326 e. The van der Waals surface area contributed by atoms with Crippen LogP contribution in [0.5, 0.6) is 0 Å². The first-order valence-electron chi connectivity index (χ1n) is 9.94. The predicted molar refractivity (Wildman–Crippen MR) is 124 cm³/mol. The van der Waals surface area contributed by atoms with Crippen LogP contribution >= 0.6 is 11.3 Å². The van der Waals surface area contributed by atoms with Gasteiger partial charge in [0.25, 0.3) is 10.0 Å². The third-order valence-corrected chi connectivity index (χ3v) is 7.41. The molecular weight excluding hydrogens is 448 g/mol. The van der Waals surface area contributed by atoms with Gasteiger partial charge in [0.2, 0.25) is 11.8 Å². The molecule has 2 N–H and O–H groups in total. The van der Waals surface area contributed by atoms with Crippen molar-refractivity contribution in [2.45, 2.75) is 25.2 Å². The summed E-state index contributed by atoms with van der Waals surface area (Å²) in [7, 11) is -3.76. The molecule has 1 aliphatic rings. The molecule has 1 fully saturated rings. The van der Waals surface area contributed by atoms with Crippen LogP contribution in [-0.2, 0) is 19.6 Å². The number of anilines is 3. The minimum atomic E-state index is -3.76. The third-order valence-electron chi connectivity index (χ3n) is 5.24. The molecule has 1 unspecified atom stereocenters. The van der Waals surface area contributed by atoms with Gasteiger partial charge in [-0.2, -0.15) is 0 Å². The van der Waals surface area contributed by atoms with Gasteiger partial charge in [0, 0.05) is 35.9 Å². The Balaban J connectivity index is 1.42. The molecule has 166 valence electrons. The number of carbonyl (C=O) groups is 2. The lowest BCUT2D eigenvalue weighted by molar-refractivity contribution is -0.122. The average molecular weight is 471 g/mol. The SMILES string of the molecule is Cc1ccc(C)c(N2CC(C(=O)Nc3ccc(S(=O)(=O)Nc4nccs4)cc3)CC2=O)c1. The van der Waals surface area contributed by atoms with Crippen molar-refractivity contribution in [2.24, 2.45) is 5.92 Å². The van der Waals surface area contributed by atoms with Gasteiger partial charge in [0.15, 0.2) is 5.13 Å². The summed E-state index contributed by atoms with van der Waals surface area (Å²) in [6, 6.07) is 11.8. The third kappa shape index (κ3) is 4.66. The molecule has 4 rings (SSSR count). The van der Waals surface area contributed by atoms with Gasteiger partial charge in [-0.15, -0.1) is 11.3 Å². The van der Waals surface area contributed by atoms with Gasteiger partial charge in [-0.25, -0.2) is 13.4 Å². The van der Waals surface area contributed by atoms with Gasteiger partial charge >= 0.3 is 0 Å². The number of nitrogens with one attached hydrogen (secondary N) is 2. The van der Waals surface area contributed by atoms with Gasteiger partial charge in [-0.05, 0) is 55.3 Å². The fourth-order valence-corrected chi connectivity index (χ4v) is 5.32. The van der Waals surface area contributed by atoms with E-state index in [-0.39, 0.29) is 28.3 Å². The molecule has 3 aromatic rings. The van der Waals surface area contributed by atoms with Crippen LogP contribution in [0.3, 0.4) is 0 Å². The Hall–Kier alpha value is -3.24. The first-order valence-corrected chi connectivity index (χ1v) is 12.3. The lowest BCUT2D eigenvalue weighted by Gasteiger charge is -2.19. The smallest absolute Gasteiger partial charge is 0.263 e. The van der Waals surface area contributed by atoms with E-state index < -0.39 is 15.9 Å². The predicted octanol–water partition coefficient (Wildman–Crippen LogP) is 3.55. The quantitative estimate of drug-likeness (QED) is 0.573. The van der Waals surface area contributed by atoms with Gasteiger partial charge in [0.05, 0.1) is 10.8 Å². The topological polar surface area (TPSA) is 108 Å². The molecule has 0 aliphatic carbocycles. The second kappa shape index (κ2) is 8.71. The highest BCUT2D eigenvalue weighted by molar-refractivity contribution is 7.93. The Morgan fingerprint density at radius 2 is 1.91 bits per heavy atom. The summed E-state index contributed by atoms with van der Waals surface area (Å²) in [6.45, 7) is 4.21. The summed E-state index contributed by atoms with van der Waals surface area (Å²) in [6.07, 6.45) is 1.64. The number of hydrogen-bond acceptors (Lipinski definition) is 6. The maximum atomic E-state index is 12.8. The number of aromatic nitrogens is 1. The highest BCUT2D eigenvalue weighted by atomic mass is 32.2. The summed E-state index contributed by atoms with van der Waals surface area (Å²) >= 11 is 1.18. The molecule has 32 heavy (non-hydrogen) atoms. The van der Waals surface area contributed by atoms with Gasteiger partial charge in [-0.3, -0.25) is 14.3 Å². The summed E-state index contributed by atoms with van der Waals surface area (Å²) < 4.78 is 27.3. The highest BCUT2D eigenvalue weighted by Crippen LogP contribution is 2.29. The van der Waals surface area contributed by atoms with E-state index in [1.165, 1.54) is 41.8 Å². The molecule has 1 atom stereocenters. The molecule has 10 heteroatoms. The number of rotatable bonds is 6. The van der Waals surface area contributed by atoms with Crippen LogP contribution in [0.15, 0.2) is 58.9 Å². The van der Waals surface area contributed by atoms with Crippen LogP contribution in [0.2, 0.25) is 0 Å². The lowest BCUT2D eigenvalue weighted by Crippen LogP contribution is -2.28. The van der Waals surface area contributed by atoms with Gasteiger partial charge in [0.1, 0.15) is 0 Å². The first kappa shape index (κ1) is 22.0. The molecular formula is C22H22N4O4S2. The van der Waals surface area contributed by atoms with E-state index in [9.17, 15) is 18.0 Å². The molecule has 2 amide bonds. The van der Waals surface area contributed by atoms with Crippen LogP contribution in [0.25, 0.3) is 0 Å². The van der Waals surface area contributed by atoms with Crippen molar-refractivity contribution in [2.75, 3.05) is 21.5 Å². The fraction of sp³-hybridized carbons (Fsp3) is 0.227. The largest absolute Gasteiger partial charge is 0.326 e. The maximum Gasteiger partial charge on any atom is 0.263 e. The number of hydrogen-bond donors (Lipinski definition) is 2. The van der Waals surface area contributed by atoms with Crippen molar-refractivity contribution >= 4 is 49.7 Å². The molecule has 0 saturated carbocycles. The molecule has 0 radical (unpaired) electrons. The molecule has 0 bridgehead atoms. The number of sulfonamides is 1. The molecule has 8 nitrogen and oxygen atoms in total. The van der Waals surface area contributed by atoms with E-state index in [2.05, 4.69) is 15.0 Å². The van der Waals surface area contributed by atoms with Crippen molar-refractivity contribution in [3.8, 4) is 0 Å². The summed E-state index contributed by atoms with van der Waals surface area (Å²) in [5.74, 6) is -0.853. The second-order valence-electron chi connectivity index (χ2n) is 7.65. The number of carbonyl (C=O) groups excluding carboxylic acids is 2. The summed E-state index contributed by atoms with van der Waals surface area (Å²) in [5.41, 5.74) is 3.31. The highest BCUT2D eigenvalue weighted by Gasteiger charge is 2.35. The van der Waals surface area contributed by atoms with Crippen LogP contribution < -0.4 is 14.9 Å². The number of nitrogens with zero attached hydrogens (tertiary/aromatic N) is 2. The normalized spacial score (nSPS) is 16.2. The first-order chi connectivity index (χ1) is 15.2. The number of aryl methyl sites for hydroxylation is 2. The number of amides is 2. The monoisotopic (exact) mass is 470 g/mol. The van der Waals surface area contributed by atoms with E-state index in [0.29, 0.717) is 12.2 Å². The van der Waals surface area contributed by atoms with E-state index in [1.807, 2.05) is 32.0 Å². The minimum absolute atomic E-state index is 0.0582. The van der Waals surface area contributed by atoms with Crippen molar-refractivity contribution in [3.05, 3.63) is 65.2 Å². The van der Waals surface area contributed by atoms with Gasteiger partial charge < -0.3 is 10.2 Å². The average Bonchev–Trinajstić information content (AvgIpc) is 3.39. The van der Waals surface area contributed by atoms with Crippen molar-refractivity contribution in [1.29, 1.82) is 0 Å². The number of benzene rings is 2. The Morgan fingerprint density at radius 1 is 1.16 bits per heavy atom. The van der Waals surface area contributed by atoms with Crippen molar-refractivity contribution < 1.29 is 18.0 Å². The number of thiazole rings is 1. The van der Waals surface area contributed by atoms with E-state index >= 15 is 0 Å². The summed E-state index contributed by atoms with van der Waals surface area (Å²) in [4.78, 5) is 30.9. The van der Waals surface area contributed by atoms with E-state index in [0.717, 1.165) is 16.8 Å². The Morgan fingerprint density at radius 3 is 2.59 bits per heavy atom. The Bertz CT molecular complexity index is 1260. The molecule has 1 aliphatic heterocycles. The maximum absolute atomic E-state index is 12.8. The van der Waals surface area contributed by atoms with Crippen molar-refractivity contribution in [1.82, 2.24) is 4.98 Å². The Labute approximate surface area is 190 Å². The van der Waals surface area contributed by atoms with Crippen LogP contribution in [-0.4, -0.2) is 31.8 Å². The zero-order valence-electron chi connectivity index (χ0n) is 17.5. The summed E-state index contributed by atoms with van der Waals surface area (Å²) in [5, 5.41) is 4.73.